The summed E-state index contributed by atoms with van der Waals surface area (Å²) in [5.74, 6) is 2.36. The van der Waals surface area contributed by atoms with Crippen LogP contribution in [0.2, 0.25) is 0 Å². The maximum Gasteiger partial charge on any atom is 0.230 e. The number of nitrogens with one attached hydrogen (secondary N) is 2. The predicted molar refractivity (Wildman–Crippen MR) is 293 cm³/mol. The molecule has 1 aromatic rings. The van der Waals surface area contributed by atoms with Gasteiger partial charge in [0.2, 0.25) is 11.9 Å². The summed E-state index contributed by atoms with van der Waals surface area (Å²) in [5.41, 5.74) is 0.475. The van der Waals surface area contributed by atoms with Gasteiger partial charge in [-0.3, -0.25) is 9.80 Å². The largest absolute Gasteiger partial charge is 0.341 e. The summed E-state index contributed by atoms with van der Waals surface area (Å²) < 4.78 is 0. The molecule has 0 unspecified atom stereocenters. The number of rotatable bonds is 26. The maximum atomic E-state index is 5.02. The molecule has 0 bridgehead atoms. The van der Waals surface area contributed by atoms with Crippen LogP contribution in [0.1, 0.15) is 113 Å². The first-order valence-electron chi connectivity index (χ1n) is 26.0. The molecule has 0 aromatic carbocycles. The fourth-order valence-electron chi connectivity index (χ4n) is 9.78. The average molecular weight is 949 g/mol. The summed E-state index contributed by atoms with van der Waals surface area (Å²) >= 11 is 0. The first kappa shape index (κ1) is 63.2. The van der Waals surface area contributed by atoms with Crippen molar-refractivity contribution < 1.29 is 0 Å². The molecular weight excluding hydrogens is 835 g/mol. The molecule has 2 saturated heterocycles. The standard InChI is InChI=1S/C26H49N7.C14H34N4.C12H30N4/c1-18-27-21(30(10)19-14-23(2,3)32(12)24(4,5)15-19)29-22(28-18)31(11)20-16-25(6,7)33(13)26(8,9)17-20;1-15(2)9-7-11-17(5)13-14-18(6)12-8-10-16(3)4;1-13-7-5-9-15(3)11-12-16(4)10-6-8-14-2/h19-20H,14-17H2,1-13H3;7-14H2,1-6H3;13-14H,5-12H2,1-4H3. The van der Waals surface area contributed by atoms with Crippen LogP contribution in [0.25, 0.3) is 0 Å². The molecule has 2 fully saturated rings. The molecular formula is C52H113N15. The molecule has 2 N–H and O–H groups in total. The molecule has 0 amide bonds. The second-order valence-corrected chi connectivity index (χ2v) is 23.6. The second-order valence-electron chi connectivity index (χ2n) is 23.6. The lowest BCUT2D eigenvalue weighted by molar-refractivity contribution is -0.0121. The Morgan fingerprint density at radius 3 is 0.955 bits per heavy atom. The van der Waals surface area contributed by atoms with Crippen LogP contribution in [-0.4, -0.2) is 266 Å². The summed E-state index contributed by atoms with van der Waals surface area (Å²) in [4.78, 5) is 38.4. The van der Waals surface area contributed by atoms with Crippen LogP contribution in [-0.2, 0) is 0 Å². The third kappa shape index (κ3) is 23.8. The minimum absolute atomic E-state index is 0.119. The molecule has 0 spiro atoms. The van der Waals surface area contributed by atoms with Gasteiger partial charge in [0.15, 0.2) is 0 Å². The Bertz CT molecular complexity index is 1310. The number of likely N-dealkylation sites (N-methyl/N-ethyl adjacent to an activating group) is 4. The van der Waals surface area contributed by atoms with Crippen molar-refractivity contribution >= 4 is 11.9 Å². The zero-order valence-corrected chi connectivity index (χ0v) is 48.6. The lowest BCUT2D eigenvalue weighted by Crippen LogP contribution is -2.62. The van der Waals surface area contributed by atoms with Crippen molar-refractivity contribution in [3.63, 3.8) is 0 Å². The number of anilines is 2. The van der Waals surface area contributed by atoms with E-state index in [1.807, 2.05) is 21.0 Å². The molecule has 0 aliphatic carbocycles. The Balaban J connectivity index is 0.000000560. The lowest BCUT2D eigenvalue weighted by atomic mass is 9.77. The Morgan fingerprint density at radius 1 is 0.433 bits per heavy atom. The SMILES string of the molecule is CN(C)CCCN(C)CCN(C)CCCN(C)C.CNCCCN(C)CCN(C)CCCNC.Cc1nc(N(C)C2CC(C)(C)N(C)C(C)(C)C2)nc(N(C)C2CC(C)(C)N(C)C(C)(C)C2)n1. The summed E-state index contributed by atoms with van der Waals surface area (Å²) in [6, 6.07) is 0.764. The molecule has 15 heteroatoms. The molecule has 3 heterocycles. The monoisotopic (exact) mass is 948 g/mol. The Morgan fingerprint density at radius 2 is 0.701 bits per heavy atom. The average Bonchev–Trinajstić information content (AvgIpc) is 3.22. The normalized spacial score (nSPS) is 18.8. The van der Waals surface area contributed by atoms with E-state index in [1.54, 1.807) is 0 Å². The third-order valence-corrected chi connectivity index (χ3v) is 15.0. The smallest absolute Gasteiger partial charge is 0.230 e. The number of aryl methyl sites for hydroxylation is 1. The van der Waals surface area contributed by atoms with Gasteiger partial charge in [-0.25, -0.2) is 0 Å². The highest BCUT2D eigenvalue weighted by Crippen LogP contribution is 2.41. The van der Waals surface area contributed by atoms with Crippen LogP contribution in [0.15, 0.2) is 0 Å². The van der Waals surface area contributed by atoms with Crippen molar-refractivity contribution in [1.82, 2.24) is 64.8 Å². The minimum atomic E-state index is 0.119. The maximum absolute atomic E-state index is 5.02. The van der Waals surface area contributed by atoms with E-state index < -0.39 is 0 Å². The summed E-state index contributed by atoms with van der Waals surface area (Å²) in [6.45, 7) is 34.8. The van der Waals surface area contributed by atoms with E-state index in [9.17, 15) is 0 Å². The summed E-state index contributed by atoms with van der Waals surface area (Å²) in [7, 11) is 30.2. The number of hydrogen-bond acceptors (Lipinski definition) is 15. The van der Waals surface area contributed by atoms with Gasteiger partial charge in [0, 0.05) is 74.5 Å². The van der Waals surface area contributed by atoms with Gasteiger partial charge >= 0.3 is 0 Å². The van der Waals surface area contributed by atoms with Gasteiger partial charge in [-0.2, -0.15) is 15.0 Å². The summed E-state index contributed by atoms with van der Waals surface area (Å²) in [6.07, 6.45) is 9.30. The van der Waals surface area contributed by atoms with Crippen molar-refractivity contribution in [2.45, 2.75) is 148 Å². The lowest BCUT2D eigenvalue weighted by Gasteiger charge is -2.55. The Labute approximate surface area is 416 Å². The minimum Gasteiger partial charge on any atom is -0.341 e. The second kappa shape index (κ2) is 30.2. The third-order valence-electron chi connectivity index (χ3n) is 15.0. The van der Waals surface area contributed by atoms with E-state index >= 15 is 0 Å². The highest BCUT2D eigenvalue weighted by molar-refractivity contribution is 5.40. The highest BCUT2D eigenvalue weighted by Gasteiger charge is 2.46. The molecule has 67 heavy (non-hydrogen) atoms. The van der Waals surface area contributed by atoms with E-state index in [0.29, 0.717) is 12.1 Å². The molecule has 2 aliphatic heterocycles. The van der Waals surface area contributed by atoms with Crippen molar-refractivity contribution in [1.29, 1.82) is 0 Å². The molecule has 15 nitrogen and oxygen atoms in total. The Kier molecular flexibility index (Phi) is 28.5. The molecule has 0 saturated carbocycles. The highest BCUT2D eigenvalue weighted by atomic mass is 15.4. The first-order valence-corrected chi connectivity index (χ1v) is 26.0. The number of nitrogens with zero attached hydrogens (tertiary/aromatic N) is 13. The van der Waals surface area contributed by atoms with Gasteiger partial charge in [0.25, 0.3) is 0 Å². The van der Waals surface area contributed by atoms with Crippen LogP contribution < -0.4 is 20.4 Å². The number of hydrogen-bond donors (Lipinski definition) is 2. The number of likely N-dealkylation sites (tertiary alicyclic amines) is 2. The molecule has 3 rings (SSSR count). The van der Waals surface area contributed by atoms with Crippen LogP contribution in [0.4, 0.5) is 11.9 Å². The zero-order chi connectivity index (χ0) is 51.3. The van der Waals surface area contributed by atoms with Crippen molar-refractivity contribution in [2.75, 3.05) is 187 Å². The molecule has 0 atom stereocenters. The fraction of sp³-hybridized carbons (Fsp3) is 0.942. The van der Waals surface area contributed by atoms with Gasteiger partial charge < -0.3 is 49.8 Å². The topological polar surface area (TPSA) is 95.1 Å². The zero-order valence-electron chi connectivity index (χ0n) is 48.6. The van der Waals surface area contributed by atoms with Crippen molar-refractivity contribution in [3.8, 4) is 0 Å². The van der Waals surface area contributed by atoms with E-state index in [4.69, 9.17) is 15.0 Å². The Hall–Kier alpha value is -1.79. The van der Waals surface area contributed by atoms with Gasteiger partial charge in [-0.15, -0.1) is 0 Å². The van der Waals surface area contributed by atoms with Gasteiger partial charge in [-0.05, 0) is 251 Å². The summed E-state index contributed by atoms with van der Waals surface area (Å²) in [5, 5.41) is 6.36. The van der Waals surface area contributed by atoms with E-state index in [2.05, 4.69) is 200 Å². The number of aromatic nitrogens is 3. The molecule has 396 valence electrons. The van der Waals surface area contributed by atoms with Crippen molar-refractivity contribution in [2.24, 2.45) is 0 Å². The van der Waals surface area contributed by atoms with E-state index in [-0.39, 0.29) is 22.2 Å². The van der Waals surface area contributed by atoms with E-state index in [1.165, 1.54) is 91.1 Å². The number of piperidine rings is 2. The van der Waals surface area contributed by atoms with Crippen LogP contribution >= 0.6 is 0 Å². The fourth-order valence-corrected chi connectivity index (χ4v) is 9.78. The quantitative estimate of drug-likeness (QED) is 0.120. The van der Waals surface area contributed by atoms with Crippen LogP contribution in [0.3, 0.4) is 0 Å². The molecule has 1 aromatic heterocycles. The van der Waals surface area contributed by atoms with Gasteiger partial charge in [-0.1, -0.05) is 0 Å². The van der Waals surface area contributed by atoms with E-state index in [0.717, 1.165) is 56.5 Å². The van der Waals surface area contributed by atoms with Gasteiger partial charge in [0.05, 0.1) is 0 Å². The van der Waals surface area contributed by atoms with Gasteiger partial charge in [0.1, 0.15) is 5.82 Å². The molecule has 2 aliphatic rings. The van der Waals surface area contributed by atoms with Crippen LogP contribution in [0, 0.1) is 6.92 Å². The van der Waals surface area contributed by atoms with Crippen LogP contribution in [0.5, 0.6) is 0 Å². The van der Waals surface area contributed by atoms with Crippen molar-refractivity contribution in [3.05, 3.63) is 5.82 Å². The first-order chi connectivity index (χ1) is 31.0. The predicted octanol–water partition coefficient (Wildman–Crippen LogP) is 5.18. The molecule has 0 radical (unpaired) electrons.